The Labute approximate surface area is 113 Å². The molecule has 1 amide bonds. The van der Waals surface area contributed by atoms with Crippen LogP contribution < -0.4 is 5.32 Å². The molecule has 18 heavy (non-hydrogen) atoms. The Morgan fingerprint density at radius 1 is 1.44 bits per heavy atom. The van der Waals surface area contributed by atoms with E-state index in [-0.39, 0.29) is 11.9 Å². The maximum absolute atomic E-state index is 11.8. The first-order chi connectivity index (χ1) is 8.65. The molecule has 1 N–H and O–H groups in total. The minimum absolute atomic E-state index is 0.0112. The highest BCUT2D eigenvalue weighted by Gasteiger charge is 2.11. The predicted molar refractivity (Wildman–Crippen MR) is 72.1 cm³/mol. The van der Waals surface area contributed by atoms with Gasteiger partial charge in [0.2, 0.25) is 5.91 Å². The first-order valence-corrected chi connectivity index (χ1v) is 6.34. The molecule has 1 aromatic heterocycles. The van der Waals surface area contributed by atoms with Crippen LogP contribution in [-0.4, -0.2) is 20.7 Å². The first kappa shape index (κ1) is 12.8. The van der Waals surface area contributed by atoms with Crippen molar-refractivity contribution >= 4 is 27.5 Å². The molecule has 0 aliphatic carbocycles. The topological polar surface area (TPSA) is 59.8 Å². The van der Waals surface area contributed by atoms with Gasteiger partial charge in [0.1, 0.15) is 12.7 Å². The summed E-state index contributed by atoms with van der Waals surface area (Å²) in [6.07, 6.45) is 3.43. The molecule has 0 bridgehead atoms. The Kier molecular flexibility index (Phi) is 4.09. The third-order valence-electron chi connectivity index (χ3n) is 2.50. The Morgan fingerprint density at radius 3 is 2.78 bits per heavy atom. The van der Waals surface area contributed by atoms with Crippen LogP contribution in [0.1, 0.15) is 19.4 Å². The smallest absolute Gasteiger partial charge is 0.226 e. The van der Waals surface area contributed by atoms with Gasteiger partial charge in [0.25, 0.3) is 0 Å². The van der Waals surface area contributed by atoms with Crippen molar-refractivity contribution in [3.8, 4) is 0 Å². The number of hydrogen-bond acceptors (Lipinski definition) is 3. The summed E-state index contributed by atoms with van der Waals surface area (Å²) in [4.78, 5) is 15.7. The SMILES string of the molecule is CC(CC(=O)Nc1ccc(Br)cc1)n1cncn1. The van der Waals surface area contributed by atoms with Gasteiger partial charge in [-0.25, -0.2) is 9.67 Å². The van der Waals surface area contributed by atoms with Crippen LogP contribution in [0.15, 0.2) is 41.4 Å². The molecule has 1 aromatic carbocycles. The lowest BCUT2D eigenvalue weighted by Gasteiger charge is -2.11. The van der Waals surface area contributed by atoms with Crippen LogP contribution in [0.5, 0.6) is 0 Å². The summed E-state index contributed by atoms with van der Waals surface area (Å²) in [5.41, 5.74) is 0.786. The molecule has 0 saturated carbocycles. The van der Waals surface area contributed by atoms with Crippen LogP contribution in [0, 0.1) is 0 Å². The molecule has 5 nitrogen and oxygen atoms in total. The summed E-state index contributed by atoms with van der Waals surface area (Å²) in [5, 5.41) is 6.85. The fraction of sp³-hybridized carbons (Fsp3) is 0.250. The van der Waals surface area contributed by atoms with Crippen molar-refractivity contribution in [2.75, 3.05) is 5.32 Å². The number of anilines is 1. The lowest BCUT2D eigenvalue weighted by atomic mass is 10.2. The number of nitrogens with zero attached hydrogens (tertiary/aromatic N) is 3. The van der Waals surface area contributed by atoms with Crippen LogP contribution in [-0.2, 0) is 4.79 Å². The largest absolute Gasteiger partial charge is 0.326 e. The highest BCUT2D eigenvalue weighted by atomic mass is 79.9. The average molecular weight is 309 g/mol. The Hall–Kier alpha value is -1.69. The van der Waals surface area contributed by atoms with E-state index in [2.05, 4.69) is 31.3 Å². The lowest BCUT2D eigenvalue weighted by molar-refractivity contribution is -0.116. The van der Waals surface area contributed by atoms with Crippen molar-refractivity contribution in [3.05, 3.63) is 41.4 Å². The Balaban J connectivity index is 1.91. The number of amides is 1. The summed E-state index contributed by atoms with van der Waals surface area (Å²) in [5.74, 6) is -0.0414. The zero-order valence-electron chi connectivity index (χ0n) is 9.88. The second-order valence-electron chi connectivity index (χ2n) is 3.98. The molecule has 1 atom stereocenters. The molecule has 1 unspecified atom stereocenters. The number of benzene rings is 1. The summed E-state index contributed by atoms with van der Waals surface area (Å²) >= 11 is 3.35. The van der Waals surface area contributed by atoms with E-state index in [9.17, 15) is 4.79 Å². The van der Waals surface area contributed by atoms with Gasteiger partial charge in [0, 0.05) is 16.6 Å². The highest BCUT2D eigenvalue weighted by molar-refractivity contribution is 9.10. The predicted octanol–water partition coefficient (Wildman–Crippen LogP) is 2.63. The van der Waals surface area contributed by atoms with Crippen molar-refractivity contribution < 1.29 is 4.79 Å². The van der Waals surface area contributed by atoms with E-state index < -0.39 is 0 Å². The Morgan fingerprint density at radius 2 is 2.17 bits per heavy atom. The summed E-state index contributed by atoms with van der Waals surface area (Å²) in [7, 11) is 0. The number of hydrogen-bond donors (Lipinski definition) is 1. The Bertz CT molecular complexity index is 509. The van der Waals surface area contributed by atoms with Crippen molar-refractivity contribution in [2.24, 2.45) is 0 Å². The molecule has 1 heterocycles. The van der Waals surface area contributed by atoms with Crippen LogP contribution in [0.3, 0.4) is 0 Å². The maximum Gasteiger partial charge on any atom is 0.226 e. The van der Waals surface area contributed by atoms with E-state index in [1.807, 2.05) is 31.2 Å². The lowest BCUT2D eigenvalue weighted by Crippen LogP contribution is -2.17. The van der Waals surface area contributed by atoms with Crippen molar-refractivity contribution in [1.82, 2.24) is 14.8 Å². The molecule has 0 radical (unpaired) electrons. The molecule has 0 fully saturated rings. The van der Waals surface area contributed by atoms with Crippen molar-refractivity contribution in [2.45, 2.75) is 19.4 Å². The van der Waals surface area contributed by atoms with Crippen LogP contribution in [0.2, 0.25) is 0 Å². The molecule has 6 heteroatoms. The molecule has 2 rings (SSSR count). The molecular formula is C12H13BrN4O. The highest BCUT2D eigenvalue weighted by Crippen LogP contribution is 2.15. The third kappa shape index (κ3) is 3.40. The number of nitrogens with one attached hydrogen (secondary N) is 1. The van der Waals surface area contributed by atoms with Gasteiger partial charge in [0.05, 0.1) is 6.04 Å². The molecule has 0 aliphatic heterocycles. The molecular weight excluding hydrogens is 296 g/mol. The van der Waals surface area contributed by atoms with Gasteiger partial charge in [-0.2, -0.15) is 5.10 Å². The molecule has 0 aliphatic rings. The van der Waals surface area contributed by atoms with Gasteiger partial charge in [-0.15, -0.1) is 0 Å². The monoisotopic (exact) mass is 308 g/mol. The van der Waals surface area contributed by atoms with Crippen molar-refractivity contribution in [3.63, 3.8) is 0 Å². The van der Waals surface area contributed by atoms with Crippen LogP contribution in [0.4, 0.5) is 5.69 Å². The minimum atomic E-state index is -0.0414. The van der Waals surface area contributed by atoms with Crippen LogP contribution >= 0.6 is 15.9 Å². The van der Waals surface area contributed by atoms with E-state index in [0.29, 0.717) is 6.42 Å². The fourth-order valence-corrected chi connectivity index (χ4v) is 1.82. The molecule has 94 valence electrons. The molecule has 0 spiro atoms. The van der Waals surface area contributed by atoms with Gasteiger partial charge in [-0.05, 0) is 31.2 Å². The van der Waals surface area contributed by atoms with Crippen molar-refractivity contribution in [1.29, 1.82) is 0 Å². The average Bonchev–Trinajstić information content (AvgIpc) is 2.85. The third-order valence-corrected chi connectivity index (χ3v) is 3.03. The first-order valence-electron chi connectivity index (χ1n) is 5.54. The number of rotatable bonds is 4. The normalized spacial score (nSPS) is 12.1. The second-order valence-corrected chi connectivity index (χ2v) is 4.90. The van der Waals surface area contributed by atoms with Gasteiger partial charge in [-0.1, -0.05) is 15.9 Å². The van der Waals surface area contributed by atoms with Gasteiger partial charge >= 0.3 is 0 Å². The maximum atomic E-state index is 11.8. The number of aromatic nitrogens is 3. The van der Waals surface area contributed by atoms with E-state index in [1.54, 1.807) is 11.0 Å². The van der Waals surface area contributed by atoms with Gasteiger partial charge in [0.15, 0.2) is 0 Å². The van der Waals surface area contributed by atoms with Gasteiger partial charge in [-0.3, -0.25) is 4.79 Å². The quantitative estimate of drug-likeness (QED) is 0.944. The minimum Gasteiger partial charge on any atom is -0.326 e. The summed E-state index contributed by atoms with van der Waals surface area (Å²) in [6, 6.07) is 7.46. The number of carbonyl (C=O) groups is 1. The zero-order valence-corrected chi connectivity index (χ0v) is 11.5. The summed E-state index contributed by atoms with van der Waals surface area (Å²) < 4.78 is 2.65. The van der Waals surface area contributed by atoms with E-state index in [0.717, 1.165) is 10.2 Å². The standard InChI is InChI=1S/C12H13BrN4O/c1-9(17-8-14-7-15-17)6-12(18)16-11-4-2-10(13)3-5-11/h2-5,7-9H,6H2,1H3,(H,16,18). The molecule has 0 saturated heterocycles. The number of halogens is 1. The van der Waals surface area contributed by atoms with E-state index in [1.165, 1.54) is 6.33 Å². The van der Waals surface area contributed by atoms with E-state index in [4.69, 9.17) is 0 Å². The molecule has 2 aromatic rings. The van der Waals surface area contributed by atoms with Crippen LogP contribution in [0.25, 0.3) is 0 Å². The van der Waals surface area contributed by atoms with Gasteiger partial charge < -0.3 is 5.32 Å². The van der Waals surface area contributed by atoms with E-state index >= 15 is 0 Å². The number of carbonyl (C=O) groups excluding carboxylic acids is 1. The fourth-order valence-electron chi connectivity index (χ4n) is 1.55. The zero-order chi connectivity index (χ0) is 13.0. The second kappa shape index (κ2) is 5.77. The summed E-state index contributed by atoms with van der Waals surface area (Å²) in [6.45, 7) is 1.93.